The van der Waals surface area contributed by atoms with E-state index < -0.39 is 58.5 Å². The molecule has 482 valence electrons. The topological polar surface area (TPSA) is 199 Å². The maximum atomic E-state index is 13.0. The molecular weight excluding hydrogens is 1490 g/mol. The minimum absolute atomic E-state index is 0. The second kappa shape index (κ2) is 37.9. The Labute approximate surface area is 594 Å². The molecule has 93 heavy (non-hydrogen) atoms. The minimum atomic E-state index is -1.74. The predicted octanol–water partition coefficient (Wildman–Crippen LogP) is 16.1. The van der Waals surface area contributed by atoms with Crippen molar-refractivity contribution in [3.05, 3.63) is 219 Å². The van der Waals surface area contributed by atoms with E-state index in [4.69, 9.17) is 82.5 Å². The van der Waals surface area contributed by atoms with Gasteiger partial charge in [0.15, 0.2) is 0 Å². The van der Waals surface area contributed by atoms with Gasteiger partial charge in [-0.25, -0.2) is 4.79 Å². The zero-order valence-electron chi connectivity index (χ0n) is 44.5. The number of imide groups is 1. The van der Waals surface area contributed by atoms with Gasteiger partial charge in [0.25, 0.3) is 46.9 Å². The van der Waals surface area contributed by atoms with Gasteiger partial charge in [0.1, 0.15) is 0 Å². The maximum absolute atomic E-state index is 13.0. The Morgan fingerprint density at radius 1 is 0.462 bits per heavy atom. The van der Waals surface area contributed by atoms with Gasteiger partial charge in [-0.05, 0) is 120 Å². The van der Waals surface area contributed by atoms with E-state index in [1.165, 1.54) is 14.7 Å². The third-order valence-electron chi connectivity index (χ3n) is 12.4. The van der Waals surface area contributed by atoms with Crippen LogP contribution in [-0.2, 0) is 29.5 Å². The highest BCUT2D eigenvalue weighted by Gasteiger charge is 2.61. The van der Waals surface area contributed by atoms with Crippen molar-refractivity contribution >= 4 is 184 Å². The second-order valence-electron chi connectivity index (χ2n) is 17.8. The molecule has 0 aliphatic carbocycles. The van der Waals surface area contributed by atoms with Crippen molar-refractivity contribution in [2.24, 2.45) is 0 Å². The molecule has 0 bridgehead atoms. The van der Waals surface area contributed by atoms with Crippen LogP contribution in [-0.4, -0.2) is 77.9 Å². The van der Waals surface area contributed by atoms with E-state index in [2.05, 4.69) is 90.0 Å². The number of benzene rings is 7. The van der Waals surface area contributed by atoms with Gasteiger partial charge in [-0.15, -0.1) is 12.8 Å². The first-order chi connectivity index (χ1) is 41.7. The van der Waals surface area contributed by atoms with Gasteiger partial charge in [-0.3, -0.25) is 58.4 Å². The summed E-state index contributed by atoms with van der Waals surface area (Å²) in [5.41, 5.74) is 3.71. The number of hydrogen-bond acceptors (Lipinski definition) is 9. The monoisotopic (exact) mass is 1550 g/mol. The van der Waals surface area contributed by atoms with Gasteiger partial charge in [0.2, 0.25) is 5.54 Å². The van der Waals surface area contributed by atoms with E-state index in [1.54, 1.807) is 140 Å². The summed E-state index contributed by atoms with van der Waals surface area (Å²) >= 11 is 40.1. The molecule has 1 unspecified atom stereocenters. The highest BCUT2D eigenvalue weighted by molar-refractivity contribution is 14.1. The Balaban J connectivity index is 0.000000590. The molecule has 1 saturated heterocycles. The van der Waals surface area contributed by atoms with E-state index in [0.717, 1.165) is 3.57 Å². The molecule has 5 aliphatic rings. The maximum Gasteiger partial charge on any atom is 0.323 e. The zero-order valence-corrected chi connectivity index (χ0v) is 52.7. The predicted molar refractivity (Wildman–Crippen MR) is 391 cm³/mol. The highest BCUT2D eigenvalue weighted by atomic mass is 127. The van der Waals surface area contributed by atoms with Gasteiger partial charge >= 0.3 is 6.03 Å². The molecule has 1 fully saturated rings. The lowest BCUT2D eigenvalue weighted by Gasteiger charge is -2.19. The lowest BCUT2D eigenvalue weighted by Crippen LogP contribution is -2.52. The van der Waals surface area contributed by atoms with Crippen molar-refractivity contribution in [1.29, 1.82) is 0 Å². The molecular formula is C70H62BrCl6IN6O9. The van der Waals surface area contributed by atoms with E-state index in [1.807, 2.05) is 12.1 Å². The molecule has 5 heterocycles. The van der Waals surface area contributed by atoms with Gasteiger partial charge in [-0.2, -0.15) is 0 Å². The number of amides is 7. The molecule has 15 nitrogen and oxygen atoms in total. The van der Waals surface area contributed by atoms with Gasteiger partial charge in [0.05, 0.1) is 94.5 Å². The van der Waals surface area contributed by atoms with Crippen LogP contribution in [0.25, 0.3) is 0 Å². The number of nitrogens with zero attached hydrogens (tertiary/aromatic N) is 3. The quantitative estimate of drug-likeness (QED) is 0.0293. The average Bonchev–Trinajstić information content (AvgIpc) is 1.56. The van der Waals surface area contributed by atoms with Crippen LogP contribution < -0.4 is 30.7 Å². The van der Waals surface area contributed by atoms with Crippen molar-refractivity contribution < 1.29 is 43.2 Å². The first kappa shape index (κ1) is 82.6. The fourth-order valence-electron chi connectivity index (χ4n) is 8.46. The summed E-state index contributed by atoms with van der Waals surface area (Å²) in [7, 11) is 0. The number of nitrogens with one attached hydrogen (secondary N) is 3. The third kappa shape index (κ3) is 19.3. The fraction of sp³-hybridized carbons (Fsp3) is 0.157. The SMILES string of the molecule is C.C.C.C.C.C.C#CCBr.C#CCN1C(=O)C(=O)c2ccccc21.Clc1ccc(I)cc1Cl.O=C1C(=O)N(CC#Cc2ccc(Cl)c(Cl)c2)c2ccccc21.O=C1NC(=O)C2(N1)C(=O)N(CC#Cc1ccc(Cl)c(Cl)c1)c1ccccc12.O=C1Nc2ccccc2C1=O. The van der Waals surface area contributed by atoms with Crippen LogP contribution in [0.3, 0.4) is 0 Å². The first-order valence-electron chi connectivity index (χ1n) is 25.0. The van der Waals surface area contributed by atoms with Crippen LogP contribution in [0.5, 0.6) is 0 Å². The minimum Gasteiger partial charge on any atom is -0.318 e. The number of urea groups is 1. The molecule has 5 aliphatic heterocycles. The van der Waals surface area contributed by atoms with Crippen molar-refractivity contribution in [2.45, 2.75) is 50.1 Å². The zero-order chi connectivity index (χ0) is 63.1. The Bertz CT molecular complexity index is 4230. The number of alkyl halides is 1. The smallest absolute Gasteiger partial charge is 0.318 e. The molecule has 23 heteroatoms. The van der Waals surface area contributed by atoms with E-state index >= 15 is 0 Å². The second-order valence-corrected chi connectivity index (χ2v) is 22.1. The van der Waals surface area contributed by atoms with Gasteiger partial charge in [-0.1, -0.05) is 220 Å². The summed E-state index contributed by atoms with van der Waals surface area (Å²) in [5.74, 6) is 12.0. The van der Waals surface area contributed by atoms with E-state index in [-0.39, 0.29) is 64.2 Å². The number of rotatable bonds is 3. The number of halogens is 8. The molecule has 0 saturated carbocycles. The number of anilines is 4. The lowest BCUT2D eigenvalue weighted by molar-refractivity contribution is -0.134. The van der Waals surface area contributed by atoms with Crippen LogP contribution in [0.2, 0.25) is 30.1 Å². The van der Waals surface area contributed by atoms with Gasteiger partial charge < -0.3 is 10.6 Å². The largest absolute Gasteiger partial charge is 0.323 e. The summed E-state index contributed by atoms with van der Waals surface area (Å²) in [6, 6.07) is 42.2. The molecule has 12 rings (SSSR count). The van der Waals surface area contributed by atoms with Crippen LogP contribution in [0, 0.1) is 51.9 Å². The molecule has 1 atom stereocenters. The summed E-state index contributed by atoms with van der Waals surface area (Å²) in [5, 5.41) is 10.6. The number of carbonyl (C=O) groups is 9. The van der Waals surface area contributed by atoms with Crippen molar-refractivity contribution in [3.63, 3.8) is 0 Å². The number of para-hydroxylation sites is 4. The van der Waals surface area contributed by atoms with Crippen LogP contribution in [0.1, 0.15) is 92.3 Å². The van der Waals surface area contributed by atoms with Gasteiger partial charge in [0, 0.05) is 20.3 Å². The fourth-order valence-corrected chi connectivity index (χ4v) is 10.0. The van der Waals surface area contributed by atoms with Crippen molar-refractivity contribution in [2.75, 3.05) is 45.0 Å². The van der Waals surface area contributed by atoms with Crippen LogP contribution >= 0.6 is 108 Å². The summed E-state index contributed by atoms with van der Waals surface area (Å²) < 4.78 is 1.10. The summed E-state index contributed by atoms with van der Waals surface area (Å²) in [4.78, 5) is 110. The molecule has 7 aromatic rings. The lowest BCUT2D eigenvalue weighted by atomic mass is 9.92. The Hall–Kier alpha value is -8.44. The highest BCUT2D eigenvalue weighted by Crippen LogP contribution is 2.42. The molecule has 3 N–H and O–H groups in total. The first-order valence-corrected chi connectivity index (χ1v) is 29.5. The number of terminal acetylenes is 2. The number of ketones is 3. The number of carbonyl (C=O) groups excluding carboxylic acids is 9. The Morgan fingerprint density at radius 3 is 1.31 bits per heavy atom. The van der Waals surface area contributed by atoms with Crippen LogP contribution in [0.4, 0.5) is 27.5 Å². The third-order valence-corrected chi connectivity index (χ3v) is 15.6. The number of Topliss-reactive ketones (excluding diaryl/α,β-unsaturated/α-hetero) is 3. The summed E-state index contributed by atoms with van der Waals surface area (Å²) in [6.45, 7) is 0.324. The number of hydrogen-bond donors (Lipinski definition) is 3. The van der Waals surface area contributed by atoms with E-state index in [0.29, 0.717) is 91.6 Å². The van der Waals surface area contributed by atoms with Crippen LogP contribution in [0.15, 0.2) is 152 Å². The van der Waals surface area contributed by atoms with E-state index in [9.17, 15) is 43.2 Å². The molecule has 7 aromatic carbocycles. The molecule has 7 amide bonds. The van der Waals surface area contributed by atoms with Crippen molar-refractivity contribution in [3.8, 4) is 48.4 Å². The molecule has 0 radical (unpaired) electrons. The Morgan fingerprint density at radius 2 is 0.882 bits per heavy atom. The molecule has 0 aromatic heterocycles. The average molecular weight is 1550 g/mol. The number of fused-ring (bicyclic) bond motifs is 5. The Kier molecular flexibility index (Phi) is 33.7. The standard InChI is InChI=1S/C19H11Cl2N3O3.C17H9Cl2NO2.C11H7NO2.C8H5NO2.C6H3Cl2I.C3H3Br.6CH4/c20-13-8-7-11(10-14(13)21)4-3-9-24-15-6-2-1-5-12(15)19(17(24)26)16(25)22-18(27)23-19;18-13-8-7-11(10-14(13)19)4-3-9-20-15-6-2-1-5-12(15)16(21)17(20)22;1-2-7-12-9-6-4-3-5-8(9)10(13)11(12)14;10-7-5-3-1-2-4-6(5)9-8(7)11;7-5-2-1-4(9)3-6(5)8;1-2-3-4;;;;;;/h1-2,5-8,10H,9H2,(H2,22,23,25,27);1-2,5-8,10H,9H2;1,3-6H,7H2;1-4H,(H,9,10,11);1-3H;1H,3H2;6*1H4. The molecule has 1 spiro atoms. The summed E-state index contributed by atoms with van der Waals surface area (Å²) in [6.07, 6.45) is 9.85. The van der Waals surface area contributed by atoms with Crippen molar-refractivity contribution in [1.82, 2.24) is 10.6 Å². The normalized spacial score (nSPS) is 13.9.